The molecule has 0 bridgehead atoms. The smallest absolute Gasteiger partial charge is 0.309 e. The summed E-state index contributed by atoms with van der Waals surface area (Å²) < 4.78 is 40.6. The SMILES string of the molecule is Cc1nn(CC(=O)Nc2ccc(-c3cncnc3)cn2)c(C)c1-c1ccnc(C(F)(F)F)c1. The minimum atomic E-state index is -4.55. The van der Waals surface area contributed by atoms with Crippen molar-refractivity contribution >= 4 is 11.7 Å². The van der Waals surface area contributed by atoms with Crippen LogP contribution in [-0.2, 0) is 17.5 Å². The van der Waals surface area contributed by atoms with Crippen molar-refractivity contribution in [3.8, 4) is 22.3 Å². The molecular formula is C22H18F3N7O. The van der Waals surface area contributed by atoms with E-state index in [4.69, 9.17) is 0 Å². The molecule has 4 rings (SSSR count). The lowest BCUT2D eigenvalue weighted by Crippen LogP contribution is -2.20. The third-order valence-corrected chi connectivity index (χ3v) is 4.94. The van der Waals surface area contributed by atoms with Crippen molar-refractivity contribution in [3.05, 3.63) is 72.5 Å². The van der Waals surface area contributed by atoms with Crippen LogP contribution in [0.1, 0.15) is 17.1 Å². The number of nitrogens with one attached hydrogen (secondary N) is 1. The highest BCUT2D eigenvalue weighted by molar-refractivity contribution is 5.90. The first kappa shape index (κ1) is 22.1. The Labute approximate surface area is 186 Å². The predicted octanol–water partition coefficient (Wildman–Crippen LogP) is 4.07. The zero-order valence-electron chi connectivity index (χ0n) is 17.6. The molecule has 0 aliphatic carbocycles. The Morgan fingerprint density at radius 1 is 1.00 bits per heavy atom. The molecule has 4 aromatic heterocycles. The van der Waals surface area contributed by atoms with Gasteiger partial charge in [0, 0.05) is 47.2 Å². The summed E-state index contributed by atoms with van der Waals surface area (Å²) in [7, 11) is 0. The van der Waals surface area contributed by atoms with Crippen LogP contribution in [-0.4, -0.2) is 35.6 Å². The summed E-state index contributed by atoms with van der Waals surface area (Å²) >= 11 is 0. The number of carbonyl (C=O) groups excluding carboxylic acids is 1. The largest absolute Gasteiger partial charge is 0.433 e. The highest BCUT2D eigenvalue weighted by atomic mass is 19.4. The molecule has 0 aliphatic heterocycles. The molecule has 168 valence electrons. The lowest BCUT2D eigenvalue weighted by molar-refractivity contribution is -0.141. The van der Waals surface area contributed by atoms with Crippen LogP contribution >= 0.6 is 0 Å². The van der Waals surface area contributed by atoms with Gasteiger partial charge in [0.05, 0.1) is 5.69 Å². The third-order valence-electron chi connectivity index (χ3n) is 4.94. The lowest BCUT2D eigenvalue weighted by atomic mass is 10.0. The van der Waals surface area contributed by atoms with E-state index < -0.39 is 11.9 Å². The summed E-state index contributed by atoms with van der Waals surface area (Å²) in [6.07, 6.45) is 2.89. The van der Waals surface area contributed by atoms with E-state index in [2.05, 4.69) is 30.4 Å². The number of aryl methyl sites for hydroxylation is 1. The van der Waals surface area contributed by atoms with Gasteiger partial charge in [-0.05, 0) is 43.7 Å². The number of rotatable bonds is 5. The Bertz CT molecular complexity index is 1290. The van der Waals surface area contributed by atoms with Crippen LogP contribution < -0.4 is 5.32 Å². The fraction of sp³-hybridized carbons (Fsp3) is 0.182. The number of hydrogen-bond acceptors (Lipinski definition) is 6. The summed E-state index contributed by atoms with van der Waals surface area (Å²) in [4.78, 5) is 28.1. The van der Waals surface area contributed by atoms with Gasteiger partial charge in [-0.25, -0.2) is 15.0 Å². The maximum atomic E-state index is 13.0. The van der Waals surface area contributed by atoms with E-state index in [-0.39, 0.29) is 12.5 Å². The minimum absolute atomic E-state index is 0.125. The van der Waals surface area contributed by atoms with Gasteiger partial charge < -0.3 is 5.32 Å². The van der Waals surface area contributed by atoms with E-state index in [9.17, 15) is 18.0 Å². The van der Waals surface area contributed by atoms with Gasteiger partial charge in [-0.1, -0.05) is 0 Å². The van der Waals surface area contributed by atoms with Gasteiger partial charge in [0.2, 0.25) is 5.91 Å². The van der Waals surface area contributed by atoms with Crippen LogP contribution in [0, 0.1) is 13.8 Å². The molecule has 0 saturated heterocycles. The normalized spacial score (nSPS) is 11.4. The summed E-state index contributed by atoms with van der Waals surface area (Å²) in [6.45, 7) is 3.25. The number of anilines is 1. The second-order valence-corrected chi connectivity index (χ2v) is 7.24. The highest BCUT2D eigenvalue weighted by Crippen LogP contribution is 2.32. The summed E-state index contributed by atoms with van der Waals surface area (Å²) in [5.74, 6) is -0.0209. The zero-order chi connectivity index (χ0) is 23.6. The molecule has 4 heterocycles. The molecule has 33 heavy (non-hydrogen) atoms. The van der Waals surface area contributed by atoms with Crippen molar-refractivity contribution in [1.29, 1.82) is 0 Å². The van der Waals surface area contributed by atoms with Crippen LogP contribution in [0.15, 0.2) is 55.4 Å². The molecule has 1 amide bonds. The van der Waals surface area contributed by atoms with Gasteiger partial charge in [-0.3, -0.25) is 14.5 Å². The Morgan fingerprint density at radius 2 is 1.76 bits per heavy atom. The maximum Gasteiger partial charge on any atom is 0.433 e. The van der Waals surface area contributed by atoms with Gasteiger partial charge in [0.15, 0.2) is 0 Å². The average Bonchev–Trinajstić information content (AvgIpc) is 3.07. The monoisotopic (exact) mass is 453 g/mol. The first-order chi connectivity index (χ1) is 15.7. The van der Waals surface area contributed by atoms with E-state index in [0.717, 1.165) is 23.4 Å². The molecule has 8 nitrogen and oxygen atoms in total. The predicted molar refractivity (Wildman–Crippen MR) is 114 cm³/mol. The first-order valence-electron chi connectivity index (χ1n) is 9.81. The summed E-state index contributed by atoms with van der Waals surface area (Å²) in [6, 6.07) is 5.90. The molecule has 0 aliphatic rings. The molecule has 0 unspecified atom stereocenters. The van der Waals surface area contributed by atoms with Gasteiger partial charge >= 0.3 is 6.18 Å². The molecule has 1 N–H and O–H groups in total. The van der Waals surface area contributed by atoms with E-state index in [0.29, 0.717) is 28.3 Å². The van der Waals surface area contributed by atoms with Crippen LogP contribution in [0.3, 0.4) is 0 Å². The maximum absolute atomic E-state index is 13.0. The number of halogens is 3. The molecule has 0 radical (unpaired) electrons. The fourth-order valence-corrected chi connectivity index (χ4v) is 3.41. The fourth-order valence-electron chi connectivity index (χ4n) is 3.41. The summed E-state index contributed by atoms with van der Waals surface area (Å²) in [5.41, 5.74) is 2.54. The Morgan fingerprint density at radius 3 is 2.42 bits per heavy atom. The number of nitrogens with zero attached hydrogens (tertiary/aromatic N) is 6. The standard InChI is InChI=1S/C22H18F3N7O/c1-13-21(15-5-6-28-18(7-15)22(23,24)25)14(2)32(31-13)11-20(33)30-19-4-3-16(10-29-19)17-8-26-12-27-9-17/h3-10,12H,11H2,1-2H3,(H,29,30,33). The van der Waals surface area contributed by atoms with Crippen molar-refractivity contribution in [2.24, 2.45) is 0 Å². The van der Waals surface area contributed by atoms with Crippen molar-refractivity contribution in [3.63, 3.8) is 0 Å². The Hall–Kier alpha value is -4.15. The van der Waals surface area contributed by atoms with Gasteiger partial charge in [-0.2, -0.15) is 18.3 Å². The Balaban J connectivity index is 1.49. The number of amides is 1. The minimum Gasteiger partial charge on any atom is -0.309 e. The molecule has 0 spiro atoms. The van der Waals surface area contributed by atoms with Crippen LogP contribution in [0.5, 0.6) is 0 Å². The van der Waals surface area contributed by atoms with Gasteiger partial charge in [0.25, 0.3) is 0 Å². The highest BCUT2D eigenvalue weighted by Gasteiger charge is 2.33. The second-order valence-electron chi connectivity index (χ2n) is 7.24. The average molecular weight is 453 g/mol. The van der Waals surface area contributed by atoms with Crippen molar-refractivity contribution in [1.82, 2.24) is 29.7 Å². The molecule has 0 saturated carbocycles. The Kier molecular flexibility index (Phi) is 5.86. The van der Waals surface area contributed by atoms with Crippen molar-refractivity contribution in [2.75, 3.05) is 5.32 Å². The van der Waals surface area contributed by atoms with E-state index >= 15 is 0 Å². The third kappa shape index (κ3) is 4.86. The number of carbonyl (C=O) groups is 1. The topological polar surface area (TPSA) is 98.5 Å². The van der Waals surface area contributed by atoms with Gasteiger partial charge in [-0.15, -0.1) is 0 Å². The van der Waals surface area contributed by atoms with Crippen LogP contribution in [0.2, 0.25) is 0 Å². The van der Waals surface area contributed by atoms with Gasteiger partial charge in [0.1, 0.15) is 24.4 Å². The van der Waals surface area contributed by atoms with Crippen molar-refractivity contribution < 1.29 is 18.0 Å². The first-order valence-corrected chi connectivity index (χ1v) is 9.81. The number of alkyl halides is 3. The van der Waals surface area contributed by atoms with Crippen LogP contribution in [0.25, 0.3) is 22.3 Å². The zero-order valence-corrected chi connectivity index (χ0v) is 17.6. The molecular weight excluding hydrogens is 435 g/mol. The van der Waals surface area contributed by atoms with Crippen LogP contribution in [0.4, 0.5) is 19.0 Å². The number of pyridine rings is 2. The molecule has 0 fully saturated rings. The van der Waals surface area contributed by atoms with Crippen molar-refractivity contribution in [2.45, 2.75) is 26.6 Å². The van der Waals surface area contributed by atoms with E-state index in [1.165, 1.54) is 17.1 Å². The summed E-state index contributed by atoms with van der Waals surface area (Å²) in [5, 5.41) is 7.03. The molecule has 11 heteroatoms. The molecule has 0 aromatic carbocycles. The quantitative estimate of drug-likeness (QED) is 0.489. The lowest BCUT2D eigenvalue weighted by Gasteiger charge is -2.09. The molecule has 0 atom stereocenters. The number of hydrogen-bond donors (Lipinski definition) is 1. The van der Waals surface area contributed by atoms with E-state index in [1.54, 1.807) is 44.6 Å². The number of aromatic nitrogens is 6. The molecule has 4 aromatic rings. The van der Waals surface area contributed by atoms with E-state index in [1.807, 2.05) is 0 Å². The second kappa shape index (κ2) is 8.77.